The lowest BCUT2D eigenvalue weighted by Crippen LogP contribution is -2.26. The molecule has 154 valence electrons. The minimum atomic E-state index is -1.37. The molecule has 30 heavy (non-hydrogen) atoms. The number of methoxy groups -OCH3 is 1. The number of hydrogen-bond acceptors (Lipinski definition) is 4. The van der Waals surface area contributed by atoms with Crippen molar-refractivity contribution >= 4 is 17.6 Å². The van der Waals surface area contributed by atoms with Crippen molar-refractivity contribution in [3.63, 3.8) is 0 Å². The lowest BCUT2D eigenvalue weighted by Gasteiger charge is -2.19. The van der Waals surface area contributed by atoms with Gasteiger partial charge in [-0.15, -0.1) is 0 Å². The predicted octanol–water partition coefficient (Wildman–Crippen LogP) is 4.82. The van der Waals surface area contributed by atoms with Gasteiger partial charge < -0.3 is 14.8 Å². The molecule has 5 nitrogen and oxygen atoms in total. The zero-order valence-corrected chi connectivity index (χ0v) is 16.3. The maximum absolute atomic E-state index is 14.0. The third kappa shape index (κ3) is 4.81. The average molecular weight is 411 g/mol. The van der Waals surface area contributed by atoms with Gasteiger partial charge in [0.2, 0.25) is 6.10 Å². The van der Waals surface area contributed by atoms with Crippen molar-refractivity contribution in [3.8, 4) is 5.75 Å². The third-order valence-electron chi connectivity index (χ3n) is 4.33. The van der Waals surface area contributed by atoms with Gasteiger partial charge in [0, 0.05) is 11.6 Å². The van der Waals surface area contributed by atoms with E-state index in [0.29, 0.717) is 23.1 Å². The first kappa shape index (κ1) is 21.0. The van der Waals surface area contributed by atoms with Crippen LogP contribution >= 0.6 is 0 Å². The molecule has 1 amide bonds. The van der Waals surface area contributed by atoms with Crippen molar-refractivity contribution in [2.24, 2.45) is 0 Å². The molecule has 1 N–H and O–H groups in total. The molecule has 3 aromatic rings. The monoisotopic (exact) mass is 411 g/mol. The van der Waals surface area contributed by atoms with Crippen LogP contribution in [0, 0.1) is 18.6 Å². The number of hydrogen-bond donors (Lipinski definition) is 1. The molecule has 3 rings (SSSR count). The van der Waals surface area contributed by atoms with Crippen molar-refractivity contribution in [1.29, 1.82) is 0 Å². The van der Waals surface area contributed by atoms with Crippen LogP contribution in [-0.4, -0.2) is 19.0 Å². The Morgan fingerprint density at radius 3 is 2.37 bits per heavy atom. The standard InChI is InChI=1S/C23H19F2NO4/c1-14-8-11-20(29-2)19(12-14)26-22(27)21(15-6-4-3-5-7-15)30-23(28)17-10-9-16(24)13-18(17)25/h3-13,21H,1-2H3,(H,26,27)/t21-/m1/s1. The number of carbonyl (C=O) groups is 2. The maximum atomic E-state index is 14.0. The van der Waals surface area contributed by atoms with E-state index >= 15 is 0 Å². The molecule has 0 saturated carbocycles. The van der Waals surface area contributed by atoms with E-state index in [9.17, 15) is 18.4 Å². The van der Waals surface area contributed by atoms with Crippen LogP contribution in [0.1, 0.15) is 27.6 Å². The van der Waals surface area contributed by atoms with E-state index in [4.69, 9.17) is 9.47 Å². The van der Waals surface area contributed by atoms with Gasteiger partial charge in [-0.2, -0.15) is 0 Å². The minimum absolute atomic E-state index is 0.387. The van der Waals surface area contributed by atoms with Crippen molar-refractivity contribution in [1.82, 2.24) is 0 Å². The van der Waals surface area contributed by atoms with Crippen molar-refractivity contribution in [3.05, 3.63) is 95.1 Å². The molecular formula is C23H19F2NO4. The van der Waals surface area contributed by atoms with Crippen LogP contribution in [0.15, 0.2) is 66.7 Å². The molecule has 0 bridgehead atoms. The van der Waals surface area contributed by atoms with Crippen LogP contribution in [0.4, 0.5) is 14.5 Å². The van der Waals surface area contributed by atoms with Gasteiger partial charge in [-0.25, -0.2) is 13.6 Å². The summed E-state index contributed by atoms with van der Waals surface area (Å²) in [6.07, 6.45) is -1.37. The van der Waals surface area contributed by atoms with Crippen molar-refractivity contribution in [2.45, 2.75) is 13.0 Å². The van der Waals surface area contributed by atoms with Gasteiger partial charge in [0.05, 0.1) is 18.4 Å². The number of nitrogens with one attached hydrogen (secondary N) is 1. The summed E-state index contributed by atoms with van der Waals surface area (Å²) in [6.45, 7) is 1.85. The summed E-state index contributed by atoms with van der Waals surface area (Å²) < 4.78 is 37.7. The number of halogens is 2. The molecule has 0 saturated heterocycles. The van der Waals surface area contributed by atoms with Crippen LogP contribution < -0.4 is 10.1 Å². The molecule has 0 unspecified atom stereocenters. The first-order chi connectivity index (χ1) is 14.4. The summed E-state index contributed by atoms with van der Waals surface area (Å²) in [4.78, 5) is 25.5. The Labute approximate surface area is 172 Å². The summed E-state index contributed by atoms with van der Waals surface area (Å²) in [5.41, 5.74) is 1.19. The Morgan fingerprint density at radius 2 is 1.70 bits per heavy atom. The van der Waals surface area contributed by atoms with E-state index in [1.165, 1.54) is 7.11 Å². The fourth-order valence-electron chi connectivity index (χ4n) is 2.84. The maximum Gasteiger partial charge on any atom is 0.342 e. The summed E-state index contributed by atoms with van der Waals surface area (Å²) in [7, 11) is 1.46. The van der Waals surface area contributed by atoms with E-state index in [1.807, 2.05) is 13.0 Å². The highest BCUT2D eigenvalue weighted by Gasteiger charge is 2.27. The van der Waals surface area contributed by atoms with Gasteiger partial charge in [0.25, 0.3) is 5.91 Å². The quantitative estimate of drug-likeness (QED) is 0.591. The largest absolute Gasteiger partial charge is 0.495 e. The van der Waals surface area contributed by atoms with Crippen LogP contribution in [0.5, 0.6) is 5.75 Å². The fraction of sp³-hybridized carbons (Fsp3) is 0.130. The highest BCUT2D eigenvalue weighted by atomic mass is 19.1. The van der Waals surface area contributed by atoms with E-state index in [2.05, 4.69) is 5.32 Å². The number of anilines is 1. The molecule has 0 aromatic heterocycles. The molecule has 0 heterocycles. The molecule has 0 fully saturated rings. The van der Waals surface area contributed by atoms with E-state index in [1.54, 1.807) is 42.5 Å². The zero-order chi connectivity index (χ0) is 21.7. The van der Waals surface area contributed by atoms with E-state index in [0.717, 1.165) is 17.7 Å². The fourth-order valence-corrected chi connectivity index (χ4v) is 2.84. The number of ether oxygens (including phenoxy) is 2. The Balaban J connectivity index is 1.90. The van der Waals surface area contributed by atoms with Gasteiger partial charge in [-0.1, -0.05) is 36.4 Å². The van der Waals surface area contributed by atoms with Crippen molar-refractivity contribution < 1.29 is 27.8 Å². The molecule has 0 spiro atoms. The zero-order valence-electron chi connectivity index (χ0n) is 16.3. The van der Waals surface area contributed by atoms with Gasteiger partial charge in [0.1, 0.15) is 17.4 Å². The summed E-state index contributed by atoms with van der Waals surface area (Å²) in [5, 5.41) is 2.69. The minimum Gasteiger partial charge on any atom is -0.495 e. The molecule has 0 aliphatic carbocycles. The van der Waals surface area contributed by atoms with Gasteiger partial charge in [-0.3, -0.25) is 4.79 Å². The topological polar surface area (TPSA) is 64.6 Å². The first-order valence-electron chi connectivity index (χ1n) is 9.05. The smallest absolute Gasteiger partial charge is 0.342 e. The number of aryl methyl sites for hydroxylation is 1. The summed E-state index contributed by atoms with van der Waals surface area (Å²) in [6, 6.07) is 16.0. The molecule has 0 aliphatic rings. The highest BCUT2D eigenvalue weighted by molar-refractivity contribution is 5.99. The molecule has 7 heteroatoms. The highest BCUT2D eigenvalue weighted by Crippen LogP contribution is 2.28. The molecule has 3 aromatic carbocycles. The third-order valence-corrected chi connectivity index (χ3v) is 4.33. The predicted molar refractivity (Wildman–Crippen MR) is 107 cm³/mol. The van der Waals surface area contributed by atoms with E-state index < -0.39 is 35.2 Å². The second kappa shape index (κ2) is 9.17. The van der Waals surface area contributed by atoms with Crippen LogP contribution in [0.2, 0.25) is 0 Å². The number of rotatable bonds is 6. The Morgan fingerprint density at radius 1 is 0.967 bits per heavy atom. The lowest BCUT2D eigenvalue weighted by atomic mass is 10.1. The molecular weight excluding hydrogens is 392 g/mol. The van der Waals surface area contributed by atoms with Gasteiger partial charge in [-0.05, 0) is 36.8 Å². The second-order valence-electron chi connectivity index (χ2n) is 6.51. The summed E-state index contributed by atoms with van der Waals surface area (Å²) in [5.74, 6) is -3.22. The molecule has 1 atom stereocenters. The van der Waals surface area contributed by atoms with E-state index in [-0.39, 0.29) is 0 Å². The van der Waals surface area contributed by atoms with Crippen molar-refractivity contribution in [2.75, 3.05) is 12.4 Å². The molecule has 0 radical (unpaired) electrons. The van der Waals surface area contributed by atoms with Gasteiger partial charge >= 0.3 is 5.97 Å². The van der Waals surface area contributed by atoms with Crippen LogP contribution in [0.3, 0.4) is 0 Å². The average Bonchev–Trinajstić information content (AvgIpc) is 2.72. The van der Waals surface area contributed by atoms with Gasteiger partial charge in [0.15, 0.2) is 0 Å². The van der Waals surface area contributed by atoms with Crippen LogP contribution in [0.25, 0.3) is 0 Å². The Kier molecular flexibility index (Phi) is 6.41. The summed E-state index contributed by atoms with van der Waals surface area (Å²) >= 11 is 0. The SMILES string of the molecule is COc1ccc(C)cc1NC(=O)[C@H](OC(=O)c1ccc(F)cc1F)c1ccccc1. The molecule has 0 aliphatic heterocycles. The first-order valence-corrected chi connectivity index (χ1v) is 9.05. The number of esters is 1. The normalized spacial score (nSPS) is 11.5. The lowest BCUT2D eigenvalue weighted by molar-refractivity contribution is -0.125. The number of benzene rings is 3. The Bertz CT molecular complexity index is 1070. The second-order valence-corrected chi connectivity index (χ2v) is 6.51. The number of carbonyl (C=O) groups excluding carboxylic acids is 2. The Hall–Kier alpha value is -3.74. The number of amides is 1. The van der Waals surface area contributed by atoms with Crippen LogP contribution in [-0.2, 0) is 9.53 Å².